The van der Waals surface area contributed by atoms with Gasteiger partial charge in [-0.3, -0.25) is 0 Å². The van der Waals surface area contributed by atoms with Crippen LogP contribution in [-0.4, -0.2) is 15.9 Å². The highest BCUT2D eigenvalue weighted by Gasteiger charge is 2.47. The number of aromatic nitrogens is 2. The zero-order valence-electron chi connectivity index (χ0n) is 38.1. The van der Waals surface area contributed by atoms with Gasteiger partial charge in [-0.2, -0.15) is 0 Å². The second-order valence-corrected chi connectivity index (χ2v) is 23.5. The van der Waals surface area contributed by atoms with Crippen LogP contribution in [0.1, 0.15) is 132 Å². The number of nitrogens with zero attached hydrogens (tertiary/aromatic N) is 2. The molecule has 0 atom stereocenters. The smallest absolute Gasteiger partial charge is 0.332 e. The van der Waals surface area contributed by atoms with E-state index in [0.29, 0.717) is 0 Å². The summed E-state index contributed by atoms with van der Waals surface area (Å²) >= 11 is 0. The summed E-state index contributed by atoms with van der Waals surface area (Å²) in [5, 5.41) is 12.3. The van der Waals surface area contributed by atoms with E-state index < -0.39 is 0 Å². The van der Waals surface area contributed by atoms with Crippen molar-refractivity contribution in [3.63, 3.8) is 0 Å². The lowest BCUT2D eigenvalue weighted by Crippen LogP contribution is -2.57. The van der Waals surface area contributed by atoms with Crippen LogP contribution in [0, 0.1) is 0 Å². The summed E-state index contributed by atoms with van der Waals surface area (Å²) in [7, 11) is 0. The summed E-state index contributed by atoms with van der Waals surface area (Å²) in [6.07, 6.45) is 0. The SMILES string of the molecule is CC(C)(C)c1cc2ccc3c4c5c(c6ccc(c1)c2c36)-n1c2ccc(C(C)(C)C)cc2c2cc(C(C)(C)C)cc(c21)B5n1c(C(C)(C)C)c(C(C)(C)C)c2cccc-4c21. The van der Waals surface area contributed by atoms with Crippen molar-refractivity contribution in [1.29, 1.82) is 0 Å². The first-order valence-corrected chi connectivity index (χ1v) is 22.1. The Kier molecular flexibility index (Phi) is 6.91. The molecule has 4 heterocycles. The normalized spacial score (nSPS) is 14.7. The van der Waals surface area contributed by atoms with Crippen LogP contribution in [0.3, 0.4) is 0 Å². The van der Waals surface area contributed by atoms with Crippen LogP contribution in [-0.2, 0) is 27.1 Å². The Labute approximate surface area is 351 Å². The van der Waals surface area contributed by atoms with E-state index in [1.165, 1.54) is 121 Å². The molecule has 0 aliphatic carbocycles. The van der Waals surface area contributed by atoms with E-state index >= 15 is 0 Å². The summed E-state index contributed by atoms with van der Waals surface area (Å²) in [5.74, 6) is 0. The summed E-state index contributed by atoms with van der Waals surface area (Å²) in [4.78, 5) is 0. The lowest BCUT2D eigenvalue weighted by Gasteiger charge is -2.39. The zero-order valence-corrected chi connectivity index (χ0v) is 38.1. The third kappa shape index (κ3) is 4.77. The van der Waals surface area contributed by atoms with Crippen LogP contribution in [0.15, 0.2) is 84.9 Å². The molecule has 11 rings (SSSR count). The van der Waals surface area contributed by atoms with Gasteiger partial charge in [-0.15, -0.1) is 0 Å². The highest BCUT2D eigenvalue weighted by atomic mass is 15.0. The van der Waals surface area contributed by atoms with E-state index in [9.17, 15) is 0 Å². The molecule has 9 aromatic rings. The fourth-order valence-corrected chi connectivity index (χ4v) is 11.5. The van der Waals surface area contributed by atoms with Gasteiger partial charge in [0.25, 0.3) is 0 Å². The summed E-state index contributed by atoms with van der Waals surface area (Å²) in [5.41, 5.74) is 18.0. The van der Waals surface area contributed by atoms with Gasteiger partial charge >= 0.3 is 6.85 Å². The van der Waals surface area contributed by atoms with Gasteiger partial charge in [0, 0.05) is 49.1 Å². The Balaban J connectivity index is 1.46. The molecule has 0 amide bonds. The molecule has 2 aliphatic rings. The molecule has 0 radical (unpaired) electrons. The molecule has 0 saturated carbocycles. The van der Waals surface area contributed by atoms with Crippen LogP contribution >= 0.6 is 0 Å². The molecule has 59 heavy (non-hydrogen) atoms. The maximum Gasteiger partial charge on any atom is 0.332 e. The molecule has 7 aromatic carbocycles. The molecule has 2 aromatic heterocycles. The zero-order chi connectivity index (χ0) is 41.8. The lowest BCUT2D eigenvalue weighted by molar-refractivity contribution is 0.519. The van der Waals surface area contributed by atoms with Crippen LogP contribution in [0.2, 0.25) is 0 Å². The Morgan fingerprint density at radius 1 is 0.458 bits per heavy atom. The summed E-state index contributed by atoms with van der Waals surface area (Å²) in [6, 6.07) is 34.5. The van der Waals surface area contributed by atoms with Crippen LogP contribution in [0.5, 0.6) is 0 Å². The highest BCUT2D eigenvalue weighted by Crippen LogP contribution is 2.52. The maximum absolute atomic E-state index is 2.85. The molecular weight excluding hydrogens is 711 g/mol. The van der Waals surface area contributed by atoms with Gasteiger partial charge in [0.15, 0.2) is 0 Å². The van der Waals surface area contributed by atoms with Crippen molar-refractivity contribution in [3.05, 3.63) is 113 Å². The molecule has 0 saturated heterocycles. The van der Waals surface area contributed by atoms with E-state index in [1.807, 2.05) is 0 Å². The molecule has 3 heteroatoms. The number of hydrogen-bond acceptors (Lipinski definition) is 0. The van der Waals surface area contributed by atoms with E-state index in [2.05, 4.69) is 198 Å². The minimum Gasteiger partial charge on any atom is -0.379 e. The average Bonchev–Trinajstić information content (AvgIpc) is 3.67. The molecule has 0 unspecified atom stereocenters. The van der Waals surface area contributed by atoms with Crippen LogP contribution in [0.25, 0.3) is 81.8 Å². The Hall–Kier alpha value is -5.02. The molecule has 0 fully saturated rings. The van der Waals surface area contributed by atoms with Crippen molar-refractivity contribution in [2.45, 2.75) is 131 Å². The standard InChI is InChI=1S/C56H59BN2/c1-52(2,3)32-21-24-42-39(27-32)40-28-34(54(7,8)9)29-41-49(40)58(42)50-37-23-20-31-26-33(53(4,5)6)25-30-19-22-35(44(37)43(30)31)45-36-17-16-18-38-46(55(10,11)12)51(56(13,14)15)59(48(36)38)57(41)47(45)50/h16-29H,1-15H3. The number of para-hydroxylation sites is 1. The predicted octanol–water partition coefficient (Wildman–Crippen LogP) is 14.1. The van der Waals surface area contributed by atoms with Gasteiger partial charge < -0.3 is 9.05 Å². The monoisotopic (exact) mass is 770 g/mol. The van der Waals surface area contributed by atoms with Gasteiger partial charge in [0.05, 0.1) is 16.7 Å². The maximum atomic E-state index is 2.85. The fraction of sp³-hybridized carbons (Fsp3) is 0.357. The van der Waals surface area contributed by atoms with Crippen molar-refractivity contribution in [2.75, 3.05) is 0 Å². The fourth-order valence-electron chi connectivity index (χ4n) is 11.5. The second kappa shape index (κ2) is 11.0. The van der Waals surface area contributed by atoms with Crippen molar-refractivity contribution in [1.82, 2.24) is 9.05 Å². The van der Waals surface area contributed by atoms with Crippen LogP contribution < -0.4 is 10.9 Å². The molecule has 0 N–H and O–H groups in total. The van der Waals surface area contributed by atoms with Gasteiger partial charge in [0.1, 0.15) is 0 Å². The van der Waals surface area contributed by atoms with Gasteiger partial charge in [-0.05, 0) is 100 Å². The van der Waals surface area contributed by atoms with Crippen LogP contribution in [0.4, 0.5) is 0 Å². The number of fused-ring (bicyclic) bond motifs is 9. The highest BCUT2D eigenvalue weighted by molar-refractivity contribution is 6.90. The van der Waals surface area contributed by atoms with Crippen molar-refractivity contribution < 1.29 is 0 Å². The van der Waals surface area contributed by atoms with Crippen molar-refractivity contribution in [2.24, 2.45) is 0 Å². The number of benzene rings is 7. The van der Waals surface area contributed by atoms with Gasteiger partial charge in [0.2, 0.25) is 0 Å². The largest absolute Gasteiger partial charge is 0.379 e. The number of hydrogen-bond donors (Lipinski definition) is 0. The molecular formula is C56H59BN2. The van der Waals surface area contributed by atoms with E-state index in [1.54, 1.807) is 0 Å². The first-order valence-electron chi connectivity index (χ1n) is 22.1. The Bertz CT molecular complexity index is 3310. The average molecular weight is 771 g/mol. The van der Waals surface area contributed by atoms with Gasteiger partial charge in [-0.1, -0.05) is 171 Å². The minimum absolute atomic E-state index is 0.000772. The third-order valence-corrected chi connectivity index (χ3v) is 14.2. The van der Waals surface area contributed by atoms with Crippen molar-refractivity contribution in [3.8, 4) is 16.8 Å². The summed E-state index contributed by atoms with van der Waals surface area (Å²) < 4.78 is 5.57. The summed E-state index contributed by atoms with van der Waals surface area (Å²) in [6.45, 7) is 35.8. The minimum atomic E-state index is -0.107. The van der Waals surface area contributed by atoms with Gasteiger partial charge in [-0.25, -0.2) is 0 Å². The molecule has 296 valence electrons. The molecule has 2 nitrogen and oxygen atoms in total. The first kappa shape index (κ1) is 37.0. The number of rotatable bonds is 0. The lowest BCUT2D eigenvalue weighted by atomic mass is 9.44. The third-order valence-electron chi connectivity index (χ3n) is 14.2. The quantitative estimate of drug-likeness (QED) is 0.107. The Morgan fingerprint density at radius 3 is 1.68 bits per heavy atom. The predicted molar refractivity (Wildman–Crippen MR) is 259 cm³/mol. The topological polar surface area (TPSA) is 9.86 Å². The van der Waals surface area contributed by atoms with E-state index in [0.717, 1.165) is 0 Å². The Morgan fingerprint density at radius 2 is 1.07 bits per heavy atom. The first-order chi connectivity index (χ1) is 27.5. The second-order valence-electron chi connectivity index (χ2n) is 23.5. The molecule has 0 spiro atoms. The van der Waals surface area contributed by atoms with Crippen molar-refractivity contribution >= 4 is 82.8 Å². The molecule has 2 aliphatic heterocycles. The van der Waals surface area contributed by atoms with E-state index in [-0.39, 0.29) is 33.9 Å². The molecule has 0 bridgehead atoms. The van der Waals surface area contributed by atoms with E-state index in [4.69, 9.17) is 0 Å².